The number of ether oxygens (including phenoxy) is 1. The first-order chi connectivity index (χ1) is 6.40. The molecule has 0 N–H and O–H groups in total. The predicted molar refractivity (Wildman–Crippen MR) is 52.9 cm³/mol. The fourth-order valence-corrected chi connectivity index (χ4v) is 1.63. The summed E-state index contributed by atoms with van der Waals surface area (Å²) in [6.45, 7) is 0. The van der Waals surface area contributed by atoms with Gasteiger partial charge in [-0.2, -0.15) is 0 Å². The van der Waals surface area contributed by atoms with Gasteiger partial charge in [-0.15, -0.1) is 0 Å². The highest BCUT2D eigenvalue weighted by atomic mass is 16.5. The molecule has 68 valence electrons. The van der Waals surface area contributed by atoms with Gasteiger partial charge >= 0.3 is 0 Å². The van der Waals surface area contributed by atoms with Gasteiger partial charge in [-0.3, -0.25) is 0 Å². The van der Waals surface area contributed by atoms with E-state index in [0.717, 1.165) is 18.7 Å². The van der Waals surface area contributed by atoms with Gasteiger partial charge in [0.2, 0.25) is 0 Å². The Morgan fingerprint density at radius 1 is 1.31 bits per heavy atom. The molecule has 2 heteroatoms. The van der Waals surface area contributed by atoms with Crippen molar-refractivity contribution in [3.05, 3.63) is 35.9 Å². The third-order valence-corrected chi connectivity index (χ3v) is 2.35. The highest BCUT2D eigenvalue weighted by Gasteiger charge is 2.18. The van der Waals surface area contributed by atoms with Crippen molar-refractivity contribution in [3.63, 3.8) is 0 Å². The van der Waals surface area contributed by atoms with Crippen molar-refractivity contribution in [2.75, 3.05) is 7.11 Å². The molecule has 0 saturated carbocycles. The Morgan fingerprint density at radius 3 is 2.69 bits per heavy atom. The maximum atomic E-state index is 5.11. The van der Waals surface area contributed by atoms with Crippen molar-refractivity contribution < 1.29 is 4.74 Å². The average molecular weight is 175 g/mol. The molecule has 1 aliphatic rings. The maximum absolute atomic E-state index is 5.11. The zero-order valence-corrected chi connectivity index (χ0v) is 7.73. The molecule has 0 spiro atoms. The molecule has 1 heterocycles. The topological polar surface area (TPSA) is 21.6 Å². The normalized spacial score (nSPS) is 21.3. The maximum Gasteiger partial charge on any atom is 0.183 e. The summed E-state index contributed by atoms with van der Waals surface area (Å²) in [6.07, 6.45) is 2.04. The van der Waals surface area contributed by atoms with Crippen LogP contribution in [0.3, 0.4) is 0 Å². The molecule has 1 aromatic carbocycles. The number of rotatable bonds is 1. The Labute approximate surface area is 78.3 Å². The van der Waals surface area contributed by atoms with Crippen LogP contribution >= 0.6 is 0 Å². The van der Waals surface area contributed by atoms with E-state index < -0.39 is 0 Å². The second-order valence-corrected chi connectivity index (χ2v) is 3.19. The zero-order valence-electron chi connectivity index (χ0n) is 7.73. The smallest absolute Gasteiger partial charge is 0.183 e. The summed E-state index contributed by atoms with van der Waals surface area (Å²) in [5.74, 6) is 0.883. The molecule has 0 amide bonds. The van der Waals surface area contributed by atoms with E-state index in [2.05, 4.69) is 29.3 Å². The van der Waals surface area contributed by atoms with Gasteiger partial charge in [-0.05, 0) is 12.0 Å². The number of hydrogen-bond donors (Lipinski definition) is 0. The van der Waals surface area contributed by atoms with Gasteiger partial charge in [0.05, 0.1) is 13.2 Å². The first-order valence-corrected chi connectivity index (χ1v) is 4.56. The van der Waals surface area contributed by atoms with Gasteiger partial charge in [0.1, 0.15) is 0 Å². The SMILES string of the molecule is COC1=NC(c2ccccc2)CC1. The summed E-state index contributed by atoms with van der Waals surface area (Å²) in [5, 5.41) is 0. The van der Waals surface area contributed by atoms with E-state index in [1.807, 2.05) is 6.07 Å². The molecule has 1 atom stereocenters. The molecule has 0 bridgehead atoms. The average Bonchev–Trinajstić information content (AvgIpc) is 2.67. The highest BCUT2D eigenvalue weighted by Crippen LogP contribution is 2.28. The Kier molecular flexibility index (Phi) is 2.30. The first kappa shape index (κ1) is 8.30. The molecule has 0 fully saturated rings. The molecule has 2 rings (SSSR count). The first-order valence-electron chi connectivity index (χ1n) is 4.56. The van der Waals surface area contributed by atoms with Gasteiger partial charge in [0.25, 0.3) is 0 Å². The third-order valence-electron chi connectivity index (χ3n) is 2.35. The lowest BCUT2D eigenvalue weighted by Gasteiger charge is -2.04. The lowest BCUT2D eigenvalue weighted by Crippen LogP contribution is -1.93. The largest absolute Gasteiger partial charge is 0.484 e. The molecule has 13 heavy (non-hydrogen) atoms. The van der Waals surface area contributed by atoms with E-state index in [0.29, 0.717) is 6.04 Å². The van der Waals surface area contributed by atoms with E-state index >= 15 is 0 Å². The minimum Gasteiger partial charge on any atom is -0.484 e. The molecule has 1 unspecified atom stereocenters. The van der Waals surface area contributed by atoms with Crippen LogP contribution in [0.25, 0.3) is 0 Å². The van der Waals surface area contributed by atoms with E-state index in [4.69, 9.17) is 4.74 Å². The molecule has 2 nitrogen and oxygen atoms in total. The summed E-state index contributed by atoms with van der Waals surface area (Å²) >= 11 is 0. The molecule has 0 aliphatic carbocycles. The van der Waals surface area contributed by atoms with Crippen molar-refractivity contribution in [1.82, 2.24) is 0 Å². The second-order valence-electron chi connectivity index (χ2n) is 3.19. The molecule has 0 radical (unpaired) electrons. The van der Waals surface area contributed by atoms with Crippen LogP contribution in [-0.4, -0.2) is 13.0 Å². The van der Waals surface area contributed by atoms with Crippen molar-refractivity contribution in [1.29, 1.82) is 0 Å². The standard InChI is InChI=1S/C11H13NO/c1-13-11-8-7-10(12-11)9-5-3-2-4-6-9/h2-6,10H,7-8H2,1H3. The molecular formula is C11H13NO. The van der Waals surface area contributed by atoms with Crippen LogP contribution in [0.1, 0.15) is 24.4 Å². The number of benzene rings is 1. The third kappa shape index (κ3) is 1.72. The molecule has 1 aromatic rings. The van der Waals surface area contributed by atoms with Crippen LogP contribution in [0.5, 0.6) is 0 Å². The van der Waals surface area contributed by atoms with Gasteiger partial charge in [0.15, 0.2) is 5.90 Å². The number of hydrogen-bond acceptors (Lipinski definition) is 2. The Bertz CT molecular complexity index is 305. The van der Waals surface area contributed by atoms with E-state index in [9.17, 15) is 0 Å². The van der Waals surface area contributed by atoms with Crippen molar-refractivity contribution in [2.24, 2.45) is 4.99 Å². The number of aliphatic imine (C=N–C) groups is 1. The summed E-state index contributed by atoms with van der Waals surface area (Å²) < 4.78 is 5.11. The Hall–Kier alpha value is -1.31. The predicted octanol–water partition coefficient (Wildman–Crippen LogP) is 2.57. The summed E-state index contributed by atoms with van der Waals surface area (Å²) in [5.41, 5.74) is 1.29. The second kappa shape index (κ2) is 3.60. The van der Waals surface area contributed by atoms with Gasteiger partial charge in [0, 0.05) is 6.42 Å². The van der Waals surface area contributed by atoms with Gasteiger partial charge < -0.3 is 4.74 Å². The monoisotopic (exact) mass is 175 g/mol. The van der Waals surface area contributed by atoms with E-state index in [1.54, 1.807) is 7.11 Å². The van der Waals surface area contributed by atoms with Crippen LogP contribution < -0.4 is 0 Å². The van der Waals surface area contributed by atoms with Crippen LogP contribution in [0.4, 0.5) is 0 Å². The minimum absolute atomic E-state index is 0.316. The number of methoxy groups -OCH3 is 1. The molecular weight excluding hydrogens is 162 g/mol. The molecule has 0 aromatic heterocycles. The fourth-order valence-electron chi connectivity index (χ4n) is 1.63. The number of nitrogens with zero attached hydrogens (tertiary/aromatic N) is 1. The van der Waals surface area contributed by atoms with Crippen LogP contribution in [0.2, 0.25) is 0 Å². The van der Waals surface area contributed by atoms with Crippen LogP contribution in [-0.2, 0) is 4.74 Å². The molecule has 1 aliphatic heterocycles. The van der Waals surface area contributed by atoms with Crippen molar-refractivity contribution in [3.8, 4) is 0 Å². The lowest BCUT2D eigenvalue weighted by molar-refractivity contribution is 0.395. The van der Waals surface area contributed by atoms with Gasteiger partial charge in [-0.25, -0.2) is 4.99 Å². The summed E-state index contributed by atoms with van der Waals surface area (Å²) in [4.78, 5) is 4.47. The van der Waals surface area contributed by atoms with Crippen LogP contribution in [0, 0.1) is 0 Å². The quantitative estimate of drug-likeness (QED) is 0.642. The van der Waals surface area contributed by atoms with Crippen LogP contribution in [0.15, 0.2) is 35.3 Å². The fraction of sp³-hybridized carbons (Fsp3) is 0.364. The van der Waals surface area contributed by atoms with E-state index in [1.165, 1.54) is 5.56 Å². The van der Waals surface area contributed by atoms with Crippen molar-refractivity contribution >= 4 is 5.90 Å². The van der Waals surface area contributed by atoms with Gasteiger partial charge in [-0.1, -0.05) is 30.3 Å². The minimum atomic E-state index is 0.316. The van der Waals surface area contributed by atoms with Crippen molar-refractivity contribution in [2.45, 2.75) is 18.9 Å². The highest BCUT2D eigenvalue weighted by molar-refractivity contribution is 5.78. The Balaban J connectivity index is 2.16. The Morgan fingerprint density at radius 2 is 2.08 bits per heavy atom. The zero-order chi connectivity index (χ0) is 9.10. The molecule has 0 saturated heterocycles. The summed E-state index contributed by atoms with van der Waals surface area (Å²) in [6, 6.07) is 10.7. The lowest BCUT2D eigenvalue weighted by atomic mass is 10.1. The summed E-state index contributed by atoms with van der Waals surface area (Å²) in [7, 11) is 1.69. The van der Waals surface area contributed by atoms with E-state index in [-0.39, 0.29) is 0 Å².